The van der Waals surface area contributed by atoms with Crippen molar-refractivity contribution < 1.29 is 43.9 Å². The van der Waals surface area contributed by atoms with E-state index in [4.69, 9.17) is 14.2 Å². The SMILES string of the molecule is COc1ccc2c3c1O[C@H]1C(OC(=O)CC[C@H](NC(=O)[C@H](C)O)C(=O)O)=CC[C@@]4(O)[C@@H](C2)NCC[C@]314. The summed E-state index contributed by atoms with van der Waals surface area (Å²) < 4.78 is 17.6. The topological polar surface area (TPSA) is 164 Å². The fraction of sp³-hybridized carbons (Fsp3) is 0.560. The van der Waals surface area contributed by atoms with Gasteiger partial charge in [-0.2, -0.15) is 0 Å². The number of esters is 1. The molecular weight excluding hydrogens is 472 g/mol. The number of benzene rings is 1. The minimum Gasteiger partial charge on any atom is -0.493 e. The Bertz CT molecular complexity index is 1150. The van der Waals surface area contributed by atoms with E-state index in [1.807, 2.05) is 12.1 Å². The van der Waals surface area contributed by atoms with Gasteiger partial charge in [0.25, 0.3) is 0 Å². The largest absolute Gasteiger partial charge is 0.493 e. The number of piperidine rings is 1. The summed E-state index contributed by atoms with van der Waals surface area (Å²) in [5.74, 6) is -1.49. The van der Waals surface area contributed by atoms with Crippen LogP contribution >= 0.6 is 0 Å². The van der Waals surface area contributed by atoms with Crippen molar-refractivity contribution in [2.75, 3.05) is 13.7 Å². The Balaban J connectivity index is 1.39. The molecule has 6 atom stereocenters. The second-order valence-corrected chi connectivity index (χ2v) is 9.88. The first kappa shape index (κ1) is 24.5. The molecule has 2 heterocycles. The standard InChI is InChI=1S/C25H30N2O9/c1-12(28)22(30)27-14(23(31)32)4-6-18(29)35-16-7-8-25(33)17-11-13-3-5-15(34-2)20-19(13)24(25,9-10-26-17)21(16)36-20/h3,5,7,12,14,17,21,26,28,33H,4,6,8-11H2,1-2H3,(H,27,30)(H,31,32)/t12-,14-,17+,21-,24-,25+/m0/s1. The number of nitrogens with one attached hydrogen (secondary N) is 2. The van der Waals surface area contributed by atoms with Crippen LogP contribution in [0.15, 0.2) is 24.0 Å². The molecule has 1 fully saturated rings. The highest BCUT2D eigenvalue weighted by molar-refractivity contribution is 5.86. The highest BCUT2D eigenvalue weighted by Crippen LogP contribution is 2.64. The van der Waals surface area contributed by atoms with E-state index in [9.17, 15) is 29.7 Å². The number of rotatable bonds is 8. The molecule has 1 amide bonds. The summed E-state index contributed by atoms with van der Waals surface area (Å²) in [7, 11) is 1.55. The molecule has 1 spiro atoms. The molecule has 2 aliphatic heterocycles. The Labute approximate surface area is 207 Å². The van der Waals surface area contributed by atoms with Crippen molar-refractivity contribution in [1.29, 1.82) is 0 Å². The van der Waals surface area contributed by atoms with Gasteiger partial charge < -0.3 is 40.2 Å². The van der Waals surface area contributed by atoms with Crippen LogP contribution in [0.5, 0.6) is 11.5 Å². The second kappa shape index (κ2) is 8.75. The van der Waals surface area contributed by atoms with Gasteiger partial charge in [0.15, 0.2) is 17.6 Å². The van der Waals surface area contributed by atoms with Crippen LogP contribution in [0.4, 0.5) is 0 Å². The van der Waals surface area contributed by atoms with Crippen LogP contribution in [0.3, 0.4) is 0 Å². The maximum absolute atomic E-state index is 12.8. The number of hydrogen-bond donors (Lipinski definition) is 5. The summed E-state index contributed by atoms with van der Waals surface area (Å²) in [6.45, 7) is 1.88. The maximum atomic E-state index is 12.8. The van der Waals surface area contributed by atoms with Crippen LogP contribution in [-0.2, 0) is 31.0 Å². The number of carbonyl (C=O) groups excluding carboxylic acids is 2. The number of aliphatic carboxylic acids is 1. The van der Waals surface area contributed by atoms with E-state index in [1.54, 1.807) is 13.2 Å². The Morgan fingerprint density at radius 1 is 1.33 bits per heavy atom. The number of methoxy groups -OCH3 is 1. The normalized spacial score (nSPS) is 30.7. The molecule has 36 heavy (non-hydrogen) atoms. The molecule has 0 radical (unpaired) electrons. The number of carboxylic acids is 1. The lowest BCUT2D eigenvalue weighted by molar-refractivity contribution is -0.152. The first-order valence-corrected chi connectivity index (χ1v) is 12.1. The van der Waals surface area contributed by atoms with E-state index in [2.05, 4.69) is 10.6 Å². The molecular formula is C25H30N2O9. The Kier molecular flexibility index (Phi) is 5.97. The van der Waals surface area contributed by atoms with Gasteiger partial charge in [-0.15, -0.1) is 0 Å². The third-order valence-electron chi connectivity index (χ3n) is 7.98. The zero-order valence-electron chi connectivity index (χ0n) is 20.1. The molecule has 1 aromatic rings. The lowest BCUT2D eigenvalue weighted by Gasteiger charge is -2.59. The van der Waals surface area contributed by atoms with Crippen LogP contribution in [0, 0.1) is 0 Å². The molecule has 1 aromatic carbocycles. The fourth-order valence-corrected chi connectivity index (χ4v) is 6.27. The van der Waals surface area contributed by atoms with Gasteiger partial charge in [-0.05, 0) is 50.4 Å². The van der Waals surface area contributed by atoms with Crippen LogP contribution < -0.4 is 20.1 Å². The monoisotopic (exact) mass is 502 g/mol. The van der Waals surface area contributed by atoms with E-state index in [0.29, 0.717) is 30.9 Å². The minimum atomic E-state index is -1.38. The van der Waals surface area contributed by atoms with Crippen LogP contribution in [0.25, 0.3) is 0 Å². The Morgan fingerprint density at radius 2 is 2.11 bits per heavy atom. The number of ether oxygens (including phenoxy) is 3. The van der Waals surface area contributed by atoms with Crippen LogP contribution in [-0.4, -0.2) is 76.7 Å². The smallest absolute Gasteiger partial charge is 0.326 e. The zero-order chi connectivity index (χ0) is 25.8. The minimum absolute atomic E-state index is 0.188. The van der Waals surface area contributed by atoms with Gasteiger partial charge in [0.05, 0.1) is 18.1 Å². The second-order valence-electron chi connectivity index (χ2n) is 9.88. The van der Waals surface area contributed by atoms with E-state index in [-0.39, 0.29) is 31.1 Å². The number of carbonyl (C=O) groups is 3. The van der Waals surface area contributed by atoms with Gasteiger partial charge in [0.1, 0.15) is 17.9 Å². The van der Waals surface area contributed by atoms with E-state index in [0.717, 1.165) is 11.1 Å². The predicted molar refractivity (Wildman–Crippen MR) is 123 cm³/mol. The average molecular weight is 503 g/mol. The maximum Gasteiger partial charge on any atom is 0.326 e. The molecule has 11 heteroatoms. The predicted octanol–water partition coefficient (Wildman–Crippen LogP) is -0.0957. The van der Waals surface area contributed by atoms with Crippen LogP contribution in [0.2, 0.25) is 0 Å². The molecule has 0 unspecified atom stereocenters. The lowest BCUT2D eigenvalue weighted by Crippen LogP contribution is -2.74. The van der Waals surface area contributed by atoms with E-state index in [1.165, 1.54) is 6.92 Å². The number of hydrogen-bond acceptors (Lipinski definition) is 9. The van der Waals surface area contributed by atoms with Gasteiger partial charge >= 0.3 is 11.9 Å². The van der Waals surface area contributed by atoms with Crippen molar-refractivity contribution in [3.8, 4) is 11.5 Å². The summed E-state index contributed by atoms with van der Waals surface area (Å²) in [5, 5.41) is 36.3. The highest BCUT2D eigenvalue weighted by Gasteiger charge is 2.71. The summed E-state index contributed by atoms with van der Waals surface area (Å²) >= 11 is 0. The molecule has 0 saturated carbocycles. The Hall–Kier alpha value is -3.15. The van der Waals surface area contributed by atoms with Crippen molar-refractivity contribution in [2.24, 2.45) is 0 Å². The molecule has 5 rings (SSSR count). The molecule has 5 N–H and O–H groups in total. The van der Waals surface area contributed by atoms with Crippen molar-refractivity contribution in [3.63, 3.8) is 0 Å². The third kappa shape index (κ3) is 3.48. The highest BCUT2D eigenvalue weighted by atomic mass is 16.6. The van der Waals surface area contributed by atoms with Gasteiger partial charge in [-0.1, -0.05) is 6.07 Å². The summed E-state index contributed by atoms with van der Waals surface area (Å²) in [5.41, 5.74) is -0.00295. The molecule has 4 aliphatic rings. The van der Waals surface area contributed by atoms with Crippen molar-refractivity contribution in [1.82, 2.24) is 10.6 Å². The molecule has 2 aliphatic carbocycles. The van der Waals surface area contributed by atoms with Gasteiger partial charge in [0.2, 0.25) is 5.91 Å². The first-order chi connectivity index (χ1) is 17.1. The number of aliphatic hydroxyl groups is 2. The molecule has 2 bridgehead atoms. The first-order valence-electron chi connectivity index (χ1n) is 12.1. The van der Waals surface area contributed by atoms with E-state index >= 15 is 0 Å². The molecule has 1 saturated heterocycles. The van der Waals surface area contributed by atoms with Gasteiger partial charge in [0, 0.05) is 24.4 Å². The summed E-state index contributed by atoms with van der Waals surface area (Å²) in [6.07, 6.45) is 0.503. The number of carboxylic acid groups (broad SMARTS) is 1. The van der Waals surface area contributed by atoms with E-state index < -0.39 is 47.1 Å². The van der Waals surface area contributed by atoms with Crippen molar-refractivity contribution >= 4 is 17.8 Å². The van der Waals surface area contributed by atoms with Crippen LogP contribution in [0.1, 0.15) is 43.7 Å². The fourth-order valence-electron chi connectivity index (χ4n) is 6.27. The van der Waals surface area contributed by atoms with Gasteiger partial charge in [-0.3, -0.25) is 9.59 Å². The quantitative estimate of drug-likeness (QED) is 0.303. The summed E-state index contributed by atoms with van der Waals surface area (Å²) in [6, 6.07) is 2.28. The molecule has 0 aromatic heterocycles. The summed E-state index contributed by atoms with van der Waals surface area (Å²) in [4.78, 5) is 36.0. The Morgan fingerprint density at radius 3 is 2.81 bits per heavy atom. The van der Waals surface area contributed by atoms with Crippen molar-refractivity contribution in [2.45, 2.75) is 74.3 Å². The third-order valence-corrected chi connectivity index (χ3v) is 7.98. The van der Waals surface area contributed by atoms with Gasteiger partial charge in [-0.25, -0.2) is 4.79 Å². The molecule has 11 nitrogen and oxygen atoms in total. The zero-order valence-corrected chi connectivity index (χ0v) is 20.1. The lowest BCUT2D eigenvalue weighted by atomic mass is 9.50. The van der Waals surface area contributed by atoms with Crippen molar-refractivity contribution in [3.05, 3.63) is 35.1 Å². The number of amides is 1. The average Bonchev–Trinajstić information content (AvgIpc) is 3.18. The number of aliphatic hydroxyl groups excluding tert-OH is 1. The molecule has 194 valence electrons.